The summed E-state index contributed by atoms with van der Waals surface area (Å²) in [4.78, 5) is 31.2. The fraction of sp³-hybridized carbons (Fsp3) is 0.0556. The number of benzene rings is 2. The lowest BCUT2D eigenvalue weighted by molar-refractivity contribution is 0.451. The Labute approximate surface area is 178 Å². The van der Waals surface area contributed by atoms with Crippen LogP contribution in [0.5, 0.6) is 5.88 Å². The van der Waals surface area contributed by atoms with Gasteiger partial charge in [0.2, 0.25) is 5.88 Å². The number of nitrogens with one attached hydrogen (secondary N) is 4. The van der Waals surface area contributed by atoms with E-state index in [1.54, 1.807) is 43.3 Å². The van der Waals surface area contributed by atoms with Crippen LogP contribution in [0.15, 0.2) is 50.9 Å². The van der Waals surface area contributed by atoms with Crippen molar-refractivity contribution in [3.8, 4) is 16.5 Å². The van der Waals surface area contributed by atoms with E-state index in [9.17, 15) is 27.7 Å². The van der Waals surface area contributed by atoms with Crippen molar-refractivity contribution in [2.24, 2.45) is 0 Å². The first-order chi connectivity index (χ1) is 14.6. The van der Waals surface area contributed by atoms with Crippen molar-refractivity contribution >= 4 is 43.0 Å². The predicted octanol–water partition coefficient (Wildman–Crippen LogP) is 2.04. The number of hydrogen-bond acceptors (Lipinski definition) is 9. The molecule has 0 saturated heterocycles. The average molecular weight is 461 g/mol. The zero-order chi connectivity index (χ0) is 22.3. The van der Waals surface area contributed by atoms with Crippen LogP contribution in [-0.2, 0) is 10.1 Å². The number of aromatic amines is 2. The third-order valence-corrected chi connectivity index (χ3v) is 6.66. The van der Waals surface area contributed by atoms with Gasteiger partial charge in [0.1, 0.15) is 9.90 Å². The van der Waals surface area contributed by atoms with E-state index in [-0.39, 0.29) is 10.6 Å². The van der Waals surface area contributed by atoms with E-state index >= 15 is 0 Å². The molecule has 31 heavy (non-hydrogen) atoms. The molecule has 0 aliphatic rings. The van der Waals surface area contributed by atoms with Gasteiger partial charge in [-0.25, -0.2) is 9.78 Å². The Kier molecular flexibility index (Phi) is 5.00. The van der Waals surface area contributed by atoms with E-state index in [4.69, 9.17) is 0 Å². The number of aromatic hydroxyl groups is 1. The molecule has 13 heteroatoms. The maximum absolute atomic E-state index is 11.8. The maximum Gasteiger partial charge on any atom is 0.328 e. The van der Waals surface area contributed by atoms with Crippen LogP contribution in [0.3, 0.4) is 0 Å². The van der Waals surface area contributed by atoms with Crippen molar-refractivity contribution in [3.05, 3.63) is 62.8 Å². The SMILES string of the molecule is Cc1ccc2nc(-c3ccc(NNc4c(O)[nH]c(=O)[nH]c4=O)cc3)sc2c1S(=O)(=O)O. The minimum absolute atomic E-state index is 0.151. The van der Waals surface area contributed by atoms with Crippen LogP contribution < -0.4 is 22.1 Å². The van der Waals surface area contributed by atoms with Crippen molar-refractivity contribution < 1.29 is 18.1 Å². The zero-order valence-corrected chi connectivity index (χ0v) is 17.4. The number of H-pyrrole nitrogens is 2. The number of nitrogens with zero attached hydrogens (tertiary/aromatic N) is 1. The molecule has 2 heterocycles. The molecule has 4 aromatic rings. The van der Waals surface area contributed by atoms with E-state index in [1.807, 2.05) is 4.98 Å². The summed E-state index contributed by atoms with van der Waals surface area (Å²) in [6.07, 6.45) is 0. The number of hydrazine groups is 1. The van der Waals surface area contributed by atoms with Gasteiger partial charge in [-0.05, 0) is 42.8 Å². The molecule has 0 aliphatic heterocycles. The smallest absolute Gasteiger partial charge is 0.328 e. The molecule has 2 aromatic heterocycles. The molecule has 4 rings (SSSR count). The summed E-state index contributed by atoms with van der Waals surface area (Å²) in [5.41, 5.74) is 5.46. The summed E-state index contributed by atoms with van der Waals surface area (Å²) in [5, 5.41) is 10.2. The van der Waals surface area contributed by atoms with Gasteiger partial charge in [0, 0.05) is 5.56 Å². The van der Waals surface area contributed by atoms with E-state index in [1.165, 1.54) is 0 Å². The zero-order valence-electron chi connectivity index (χ0n) is 15.8. The van der Waals surface area contributed by atoms with Gasteiger partial charge >= 0.3 is 5.69 Å². The summed E-state index contributed by atoms with van der Waals surface area (Å²) in [7, 11) is -4.40. The predicted molar refractivity (Wildman–Crippen MR) is 116 cm³/mol. The Morgan fingerprint density at radius 2 is 1.74 bits per heavy atom. The lowest BCUT2D eigenvalue weighted by atomic mass is 10.2. The monoisotopic (exact) mass is 461 g/mol. The second-order valence-electron chi connectivity index (χ2n) is 6.51. The third kappa shape index (κ3) is 4.01. The lowest BCUT2D eigenvalue weighted by Gasteiger charge is -2.10. The highest BCUT2D eigenvalue weighted by Gasteiger charge is 2.20. The second kappa shape index (κ2) is 7.54. The van der Waals surface area contributed by atoms with Crippen LogP contribution in [-0.4, -0.2) is 33.0 Å². The van der Waals surface area contributed by atoms with Gasteiger partial charge in [-0.1, -0.05) is 6.07 Å². The van der Waals surface area contributed by atoms with E-state index in [2.05, 4.69) is 20.8 Å². The molecule has 0 bridgehead atoms. The molecule has 2 aromatic carbocycles. The first-order valence-corrected chi connectivity index (χ1v) is 10.9. The minimum atomic E-state index is -4.40. The molecule has 0 aliphatic carbocycles. The molecule has 0 amide bonds. The molecule has 6 N–H and O–H groups in total. The summed E-state index contributed by atoms with van der Waals surface area (Å²) < 4.78 is 33.5. The van der Waals surface area contributed by atoms with Crippen molar-refractivity contribution in [1.29, 1.82) is 0 Å². The molecule has 0 radical (unpaired) electrons. The van der Waals surface area contributed by atoms with Crippen LogP contribution in [0.25, 0.3) is 20.8 Å². The average Bonchev–Trinajstić information content (AvgIpc) is 3.10. The highest BCUT2D eigenvalue weighted by molar-refractivity contribution is 7.86. The van der Waals surface area contributed by atoms with Crippen LogP contribution in [0.1, 0.15) is 5.56 Å². The highest BCUT2D eigenvalue weighted by atomic mass is 32.2. The third-order valence-electron chi connectivity index (χ3n) is 4.35. The maximum atomic E-state index is 11.8. The lowest BCUT2D eigenvalue weighted by Crippen LogP contribution is -2.26. The highest BCUT2D eigenvalue weighted by Crippen LogP contribution is 2.36. The Morgan fingerprint density at radius 1 is 1.03 bits per heavy atom. The topological polar surface area (TPSA) is 177 Å². The molecule has 0 atom stereocenters. The molecule has 0 unspecified atom stereocenters. The van der Waals surface area contributed by atoms with Gasteiger partial charge in [-0.15, -0.1) is 11.3 Å². The van der Waals surface area contributed by atoms with Gasteiger partial charge in [-0.2, -0.15) is 8.42 Å². The summed E-state index contributed by atoms with van der Waals surface area (Å²) in [6, 6.07) is 10.0. The van der Waals surface area contributed by atoms with Crippen molar-refractivity contribution in [2.45, 2.75) is 11.8 Å². The molecule has 0 fully saturated rings. The Balaban J connectivity index is 1.61. The van der Waals surface area contributed by atoms with Gasteiger partial charge in [0.05, 0.1) is 15.9 Å². The summed E-state index contributed by atoms with van der Waals surface area (Å²) >= 11 is 1.14. The number of fused-ring (bicyclic) bond motifs is 1. The van der Waals surface area contributed by atoms with E-state index in [0.29, 0.717) is 32.0 Å². The van der Waals surface area contributed by atoms with Gasteiger partial charge in [-0.3, -0.25) is 24.7 Å². The summed E-state index contributed by atoms with van der Waals surface area (Å²) in [6.45, 7) is 1.60. The first-order valence-electron chi connectivity index (χ1n) is 8.69. The minimum Gasteiger partial charge on any atom is -0.493 e. The number of aryl methyl sites for hydroxylation is 1. The number of anilines is 2. The molecular formula is C18H15N5O6S2. The molecule has 11 nitrogen and oxygen atoms in total. The molecule has 160 valence electrons. The normalized spacial score (nSPS) is 11.5. The van der Waals surface area contributed by atoms with Crippen LogP contribution in [0, 0.1) is 6.92 Å². The number of rotatable bonds is 5. The van der Waals surface area contributed by atoms with Crippen molar-refractivity contribution in [3.63, 3.8) is 0 Å². The Bertz CT molecular complexity index is 1520. The fourth-order valence-electron chi connectivity index (χ4n) is 2.93. The van der Waals surface area contributed by atoms with Crippen LogP contribution >= 0.6 is 11.3 Å². The first kappa shape index (κ1) is 20.6. The van der Waals surface area contributed by atoms with Crippen molar-refractivity contribution in [1.82, 2.24) is 15.0 Å². The number of thiazole rings is 1. The van der Waals surface area contributed by atoms with Crippen molar-refractivity contribution in [2.75, 3.05) is 10.9 Å². The standard InChI is InChI=1S/C18H15N5O6S2/c1-8-2-7-11-13(14(8)31(27,28)29)30-17(19-11)9-3-5-10(6-4-9)22-23-12-15(24)20-18(26)21-16(12)25/h2-7,22-23H,1H3,(H,27,28,29)(H3,20,21,24,25,26). The Hall–Kier alpha value is -3.68. The molecular weight excluding hydrogens is 446 g/mol. The summed E-state index contributed by atoms with van der Waals surface area (Å²) in [5.74, 6) is -0.614. The second-order valence-corrected chi connectivity index (χ2v) is 8.87. The van der Waals surface area contributed by atoms with Crippen LogP contribution in [0.4, 0.5) is 11.4 Å². The number of aromatic nitrogens is 3. The van der Waals surface area contributed by atoms with Gasteiger partial charge < -0.3 is 10.5 Å². The van der Waals surface area contributed by atoms with E-state index < -0.39 is 27.2 Å². The van der Waals surface area contributed by atoms with E-state index in [0.717, 1.165) is 11.3 Å². The van der Waals surface area contributed by atoms with Gasteiger partial charge in [0.15, 0.2) is 5.69 Å². The molecule has 0 spiro atoms. The van der Waals surface area contributed by atoms with Gasteiger partial charge in [0.25, 0.3) is 15.7 Å². The fourth-order valence-corrected chi connectivity index (χ4v) is 5.25. The van der Waals surface area contributed by atoms with Crippen LogP contribution in [0.2, 0.25) is 0 Å². The Morgan fingerprint density at radius 3 is 2.39 bits per heavy atom. The largest absolute Gasteiger partial charge is 0.493 e. The quantitative estimate of drug-likeness (QED) is 0.192. The molecule has 0 saturated carbocycles. The number of hydrogen-bond donors (Lipinski definition) is 6.